The molecule has 1 aromatic carbocycles. The van der Waals surface area contributed by atoms with Gasteiger partial charge in [0.05, 0.1) is 7.11 Å². The fraction of sp³-hybridized carbons (Fsp3) is 0.529. The first-order valence-electron chi connectivity index (χ1n) is 7.84. The lowest BCUT2D eigenvalue weighted by Gasteiger charge is -2.23. The van der Waals surface area contributed by atoms with Crippen LogP contribution in [0.15, 0.2) is 29.3 Å². The molecule has 1 aromatic rings. The second kappa shape index (κ2) is 12.2. The molecule has 0 aliphatic rings. The van der Waals surface area contributed by atoms with E-state index in [1.54, 1.807) is 50.2 Å². The quantitative estimate of drug-likeness (QED) is 0.231. The fourth-order valence-electron chi connectivity index (χ4n) is 1.79. The van der Waals surface area contributed by atoms with Crippen molar-refractivity contribution in [3.8, 4) is 5.75 Å². The summed E-state index contributed by atoms with van der Waals surface area (Å²) in [5.41, 5.74) is 0.611. The summed E-state index contributed by atoms with van der Waals surface area (Å²) in [7, 11) is 3.33. The SMILES string of the molecule is CN=C(NCCNC(=O)c1ccc(OC)cc1)NCC(C)(C)SC.I. The van der Waals surface area contributed by atoms with E-state index < -0.39 is 0 Å². The highest BCUT2D eigenvalue weighted by Gasteiger charge is 2.15. The van der Waals surface area contributed by atoms with Gasteiger partial charge in [-0.3, -0.25) is 9.79 Å². The number of carbonyl (C=O) groups excluding carboxylic acids is 1. The number of guanidine groups is 1. The van der Waals surface area contributed by atoms with Crippen LogP contribution in [0, 0.1) is 0 Å². The average Bonchev–Trinajstić information content (AvgIpc) is 2.61. The fourth-order valence-corrected chi connectivity index (χ4v) is 2.01. The second-order valence-corrected chi connectivity index (χ2v) is 7.31. The Morgan fingerprint density at radius 1 is 1.16 bits per heavy atom. The molecular formula is C17H29IN4O2S. The maximum atomic E-state index is 12.0. The van der Waals surface area contributed by atoms with Crippen molar-refractivity contribution in [1.82, 2.24) is 16.0 Å². The van der Waals surface area contributed by atoms with Crippen molar-refractivity contribution >= 4 is 47.6 Å². The number of rotatable bonds is 8. The molecule has 142 valence electrons. The number of nitrogens with zero attached hydrogens (tertiary/aromatic N) is 1. The van der Waals surface area contributed by atoms with Gasteiger partial charge >= 0.3 is 0 Å². The first-order chi connectivity index (χ1) is 11.4. The van der Waals surface area contributed by atoms with Crippen molar-refractivity contribution in [2.75, 3.05) is 40.0 Å². The number of amides is 1. The van der Waals surface area contributed by atoms with Crippen LogP contribution in [-0.4, -0.2) is 56.7 Å². The van der Waals surface area contributed by atoms with Crippen LogP contribution in [0.3, 0.4) is 0 Å². The predicted molar refractivity (Wildman–Crippen MR) is 118 cm³/mol. The number of carbonyl (C=O) groups is 1. The van der Waals surface area contributed by atoms with Crippen LogP contribution in [-0.2, 0) is 0 Å². The number of hydrogen-bond donors (Lipinski definition) is 3. The van der Waals surface area contributed by atoms with Crippen molar-refractivity contribution < 1.29 is 9.53 Å². The van der Waals surface area contributed by atoms with E-state index in [1.165, 1.54) is 0 Å². The van der Waals surface area contributed by atoms with Gasteiger partial charge in [0.15, 0.2) is 5.96 Å². The zero-order valence-electron chi connectivity index (χ0n) is 15.5. The lowest BCUT2D eigenvalue weighted by molar-refractivity contribution is 0.0954. The Morgan fingerprint density at radius 2 is 1.76 bits per heavy atom. The Hall–Kier alpha value is -1.16. The number of nitrogens with one attached hydrogen (secondary N) is 3. The van der Waals surface area contributed by atoms with E-state index in [0.717, 1.165) is 18.3 Å². The van der Waals surface area contributed by atoms with E-state index in [0.29, 0.717) is 18.7 Å². The van der Waals surface area contributed by atoms with Crippen molar-refractivity contribution in [2.24, 2.45) is 4.99 Å². The molecule has 25 heavy (non-hydrogen) atoms. The van der Waals surface area contributed by atoms with Gasteiger partial charge in [0, 0.05) is 37.0 Å². The molecule has 6 nitrogen and oxygen atoms in total. The monoisotopic (exact) mass is 480 g/mol. The Morgan fingerprint density at radius 3 is 2.28 bits per heavy atom. The lowest BCUT2D eigenvalue weighted by Crippen LogP contribution is -2.45. The van der Waals surface area contributed by atoms with E-state index in [4.69, 9.17) is 4.74 Å². The highest BCUT2D eigenvalue weighted by Crippen LogP contribution is 2.19. The molecule has 0 atom stereocenters. The predicted octanol–water partition coefficient (Wildman–Crippen LogP) is 2.35. The molecule has 0 aromatic heterocycles. The lowest BCUT2D eigenvalue weighted by atomic mass is 10.2. The molecule has 0 spiro atoms. The first kappa shape index (κ1) is 23.8. The Labute approximate surface area is 172 Å². The molecule has 0 fully saturated rings. The summed E-state index contributed by atoms with van der Waals surface area (Å²) < 4.78 is 5.22. The molecule has 1 rings (SSSR count). The van der Waals surface area contributed by atoms with Crippen LogP contribution in [0.25, 0.3) is 0 Å². The number of thioether (sulfide) groups is 1. The molecule has 0 aliphatic heterocycles. The summed E-state index contributed by atoms with van der Waals surface area (Å²) in [5, 5.41) is 9.34. The van der Waals surface area contributed by atoms with Crippen LogP contribution in [0.5, 0.6) is 5.75 Å². The molecule has 0 radical (unpaired) electrons. The van der Waals surface area contributed by atoms with Crippen molar-refractivity contribution in [1.29, 1.82) is 0 Å². The van der Waals surface area contributed by atoms with Crippen molar-refractivity contribution in [2.45, 2.75) is 18.6 Å². The molecule has 0 heterocycles. The van der Waals surface area contributed by atoms with Gasteiger partial charge in [-0.2, -0.15) is 11.8 Å². The van der Waals surface area contributed by atoms with Crippen LogP contribution in [0.4, 0.5) is 0 Å². The number of benzene rings is 1. The summed E-state index contributed by atoms with van der Waals surface area (Å²) in [5.74, 6) is 1.36. The third-order valence-electron chi connectivity index (χ3n) is 3.51. The Kier molecular flexibility index (Phi) is 11.7. The molecule has 0 saturated heterocycles. The number of methoxy groups -OCH3 is 1. The van der Waals surface area contributed by atoms with Gasteiger partial charge < -0.3 is 20.7 Å². The minimum Gasteiger partial charge on any atom is -0.497 e. The van der Waals surface area contributed by atoms with Gasteiger partial charge in [0.1, 0.15) is 5.75 Å². The number of halogens is 1. The van der Waals surface area contributed by atoms with E-state index in [-0.39, 0.29) is 34.6 Å². The molecule has 0 unspecified atom stereocenters. The smallest absolute Gasteiger partial charge is 0.251 e. The summed E-state index contributed by atoms with van der Waals surface area (Å²) in [6, 6.07) is 7.03. The van der Waals surface area contributed by atoms with Gasteiger partial charge in [0.25, 0.3) is 5.91 Å². The standard InChI is InChI=1S/C17H28N4O2S.HI/c1-17(2,24-5)12-21-16(18-3)20-11-10-19-15(22)13-6-8-14(23-4)9-7-13;/h6-9H,10-12H2,1-5H3,(H,19,22)(H2,18,20,21);1H. The topological polar surface area (TPSA) is 74.8 Å². The van der Waals surface area contributed by atoms with Gasteiger partial charge in [-0.1, -0.05) is 0 Å². The molecule has 1 amide bonds. The largest absolute Gasteiger partial charge is 0.497 e. The number of hydrogen-bond acceptors (Lipinski definition) is 4. The molecule has 0 saturated carbocycles. The van der Waals surface area contributed by atoms with E-state index in [9.17, 15) is 4.79 Å². The third kappa shape index (κ3) is 9.20. The van der Waals surface area contributed by atoms with Gasteiger partial charge in [-0.25, -0.2) is 0 Å². The molecule has 3 N–H and O–H groups in total. The molecule has 8 heteroatoms. The van der Waals surface area contributed by atoms with Crippen LogP contribution >= 0.6 is 35.7 Å². The van der Waals surface area contributed by atoms with Crippen LogP contribution in [0.2, 0.25) is 0 Å². The normalized spacial score (nSPS) is 11.3. The zero-order valence-corrected chi connectivity index (χ0v) is 18.7. The second-order valence-electron chi connectivity index (χ2n) is 5.80. The van der Waals surface area contributed by atoms with E-state index in [1.807, 2.05) is 0 Å². The molecular weight excluding hydrogens is 451 g/mol. The zero-order chi connectivity index (χ0) is 18.0. The Balaban J connectivity index is 0.00000576. The average molecular weight is 480 g/mol. The minimum atomic E-state index is -0.106. The minimum absolute atomic E-state index is 0. The van der Waals surface area contributed by atoms with E-state index >= 15 is 0 Å². The van der Waals surface area contributed by atoms with E-state index in [2.05, 4.69) is 41.0 Å². The highest BCUT2D eigenvalue weighted by molar-refractivity contribution is 14.0. The molecule has 0 bridgehead atoms. The summed E-state index contributed by atoms with van der Waals surface area (Å²) in [6.07, 6.45) is 2.09. The van der Waals surface area contributed by atoms with Crippen LogP contribution in [0.1, 0.15) is 24.2 Å². The maximum absolute atomic E-state index is 12.0. The van der Waals surface area contributed by atoms with Crippen molar-refractivity contribution in [3.63, 3.8) is 0 Å². The van der Waals surface area contributed by atoms with Gasteiger partial charge in [-0.05, 0) is 44.4 Å². The third-order valence-corrected chi connectivity index (χ3v) is 4.76. The van der Waals surface area contributed by atoms with Crippen molar-refractivity contribution in [3.05, 3.63) is 29.8 Å². The number of aliphatic imine (C=N–C) groups is 1. The van der Waals surface area contributed by atoms with Crippen LogP contribution < -0.4 is 20.7 Å². The summed E-state index contributed by atoms with van der Waals surface area (Å²) >= 11 is 1.80. The summed E-state index contributed by atoms with van der Waals surface area (Å²) in [4.78, 5) is 16.2. The highest BCUT2D eigenvalue weighted by atomic mass is 127. The van der Waals surface area contributed by atoms with Gasteiger partial charge in [0.2, 0.25) is 0 Å². The van der Waals surface area contributed by atoms with Gasteiger partial charge in [-0.15, -0.1) is 24.0 Å². The Bertz CT molecular complexity index is 550. The number of ether oxygens (including phenoxy) is 1. The summed E-state index contributed by atoms with van der Waals surface area (Å²) in [6.45, 7) is 6.27. The first-order valence-corrected chi connectivity index (χ1v) is 9.06. The molecule has 0 aliphatic carbocycles. The maximum Gasteiger partial charge on any atom is 0.251 e.